The van der Waals surface area contributed by atoms with Crippen LogP contribution in [0.3, 0.4) is 0 Å². The first kappa shape index (κ1) is 13.9. The zero-order chi connectivity index (χ0) is 13.7. The number of ether oxygens (including phenoxy) is 1. The number of amides is 1. The Bertz CT molecular complexity index is 430. The normalized spacial score (nSPS) is 15.9. The van der Waals surface area contributed by atoms with Gasteiger partial charge in [0, 0.05) is 19.0 Å². The van der Waals surface area contributed by atoms with Gasteiger partial charge in [-0.15, -0.1) is 0 Å². The summed E-state index contributed by atoms with van der Waals surface area (Å²) < 4.78 is 5.16. The van der Waals surface area contributed by atoms with Crippen LogP contribution in [-0.4, -0.2) is 25.6 Å². The fourth-order valence-corrected chi connectivity index (χ4v) is 2.15. The molecule has 1 aromatic rings. The highest BCUT2D eigenvalue weighted by Crippen LogP contribution is 2.32. The zero-order valence-corrected chi connectivity index (χ0v) is 11.4. The molecule has 0 heterocycles. The molecular formula is C15H22N2O2. The zero-order valence-electron chi connectivity index (χ0n) is 11.4. The van der Waals surface area contributed by atoms with Crippen molar-refractivity contribution in [3.8, 4) is 5.75 Å². The molecule has 3 N–H and O–H groups in total. The number of carbonyl (C=O) groups is 1. The molecule has 1 saturated carbocycles. The lowest BCUT2D eigenvalue weighted by molar-refractivity contribution is -0.121. The second-order valence-corrected chi connectivity index (χ2v) is 5.16. The van der Waals surface area contributed by atoms with E-state index in [2.05, 4.69) is 5.32 Å². The molecule has 1 amide bonds. The van der Waals surface area contributed by atoms with Crippen molar-refractivity contribution in [3.63, 3.8) is 0 Å². The number of carbonyl (C=O) groups excluding carboxylic acids is 1. The van der Waals surface area contributed by atoms with Gasteiger partial charge in [-0.3, -0.25) is 4.79 Å². The molecule has 1 fully saturated rings. The lowest BCUT2D eigenvalue weighted by atomic mass is 10.1. The van der Waals surface area contributed by atoms with Crippen LogP contribution >= 0.6 is 0 Å². The summed E-state index contributed by atoms with van der Waals surface area (Å²) in [5.41, 5.74) is 7.08. The molecule has 1 aliphatic carbocycles. The first-order valence-corrected chi connectivity index (χ1v) is 6.84. The third kappa shape index (κ3) is 4.56. The average Bonchev–Trinajstić information content (AvgIpc) is 3.23. The van der Waals surface area contributed by atoms with Gasteiger partial charge in [0.15, 0.2) is 0 Å². The van der Waals surface area contributed by atoms with Crippen molar-refractivity contribution in [3.05, 3.63) is 29.8 Å². The summed E-state index contributed by atoms with van der Waals surface area (Å²) in [7, 11) is 1.65. The Morgan fingerprint density at radius 1 is 1.53 bits per heavy atom. The fraction of sp³-hybridized carbons (Fsp3) is 0.533. The van der Waals surface area contributed by atoms with Crippen LogP contribution in [0.15, 0.2) is 24.3 Å². The van der Waals surface area contributed by atoms with Crippen LogP contribution < -0.4 is 15.8 Å². The van der Waals surface area contributed by atoms with Crippen LogP contribution in [0, 0.1) is 5.92 Å². The van der Waals surface area contributed by atoms with E-state index in [1.54, 1.807) is 7.11 Å². The van der Waals surface area contributed by atoms with E-state index >= 15 is 0 Å². The largest absolute Gasteiger partial charge is 0.497 e. The minimum atomic E-state index is 0.0387. The summed E-state index contributed by atoms with van der Waals surface area (Å²) in [6.45, 7) is 0.642. The smallest absolute Gasteiger partial charge is 0.221 e. The van der Waals surface area contributed by atoms with E-state index in [1.165, 1.54) is 12.8 Å². The fourth-order valence-electron chi connectivity index (χ4n) is 2.15. The van der Waals surface area contributed by atoms with E-state index in [0.29, 0.717) is 18.9 Å². The molecule has 0 saturated heterocycles. The number of methoxy groups -OCH3 is 1. The summed E-state index contributed by atoms with van der Waals surface area (Å²) in [6.07, 6.45) is 3.61. The highest BCUT2D eigenvalue weighted by molar-refractivity contribution is 5.76. The molecule has 1 unspecified atom stereocenters. The second-order valence-electron chi connectivity index (χ2n) is 5.16. The van der Waals surface area contributed by atoms with Crippen LogP contribution in [0.1, 0.15) is 24.8 Å². The molecule has 1 atom stereocenters. The van der Waals surface area contributed by atoms with Crippen LogP contribution in [0.5, 0.6) is 5.75 Å². The third-order valence-electron chi connectivity index (χ3n) is 3.52. The quantitative estimate of drug-likeness (QED) is 0.782. The molecule has 19 heavy (non-hydrogen) atoms. The van der Waals surface area contributed by atoms with Crippen molar-refractivity contribution >= 4 is 5.91 Å². The molecule has 2 rings (SSSR count). The molecule has 1 aromatic carbocycles. The highest BCUT2D eigenvalue weighted by atomic mass is 16.5. The molecule has 0 radical (unpaired) electrons. The molecule has 104 valence electrons. The van der Waals surface area contributed by atoms with E-state index in [1.807, 2.05) is 24.3 Å². The molecule has 0 spiro atoms. The van der Waals surface area contributed by atoms with Gasteiger partial charge in [-0.2, -0.15) is 0 Å². The van der Waals surface area contributed by atoms with E-state index in [-0.39, 0.29) is 11.9 Å². The Morgan fingerprint density at radius 2 is 2.32 bits per heavy atom. The van der Waals surface area contributed by atoms with Crippen molar-refractivity contribution in [2.24, 2.45) is 11.7 Å². The third-order valence-corrected chi connectivity index (χ3v) is 3.52. The number of nitrogens with two attached hydrogens (primary N) is 1. The topological polar surface area (TPSA) is 64.3 Å². The maximum atomic E-state index is 11.7. The Balaban J connectivity index is 1.68. The summed E-state index contributed by atoms with van der Waals surface area (Å²) in [6, 6.07) is 7.93. The molecule has 4 heteroatoms. The monoisotopic (exact) mass is 262 g/mol. The number of hydrogen-bond donors (Lipinski definition) is 2. The Labute approximate surface area is 114 Å². The van der Waals surface area contributed by atoms with Crippen molar-refractivity contribution in [1.82, 2.24) is 5.32 Å². The van der Waals surface area contributed by atoms with Gasteiger partial charge < -0.3 is 15.8 Å². The highest BCUT2D eigenvalue weighted by Gasteiger charge is 2.29. The summed E-state index contributed by atoms with van der Waals surface area (Å²) in [5.74, 6) is 1.48. The van der Waals surface area contributed by atoms with Crippen molar-refractivity contribution in [2.75, 3.05) is 13.7 Å². The minimum Gasteiger partial charge on any atom is -0.497 e. The predicted octanol–water partition coefficient (Wildman–Crippen LogP) is 1.48. The van der Waals surface area contributed by atoms with E-state index in [4.69, 9.17) is 10.5 Å². The van der Waals surface area contributed by atoms with Crippen LogP contribution in [0.2, 0.25) is 0 Å². The van der Waals surface area contributed by atoms with Crippen LogP contribution in [0.25, 0.3) is 0 Å². The van der Waals surface area contributed by atoms with Gasteiger partial charge in [0.1, 0.15) is 5.75 Å². The number of rotatable bonds is 7. The van der Waals surface area contributed by atoms with Crippen LogP contribution in [0.4, 0.5) is 0 Å². The second kappa shape index (κ2) is 6.57. The van der Waals surface area contributed by atoms with Crippen molar-refractivity contribution in [2.45, 2.75) is 31.7 Å². The minimum absolute atomic E-state index is 0.0387. The van der Waals surface area contributed by atoms with E-state index < -0.39 is 0 Å². The number of hydrogen-bond acceptors (Lipinski definition) is 3. The van der Waals surface area contributed by atoms with Crippen LogP contribution in [-0.2, 0) is 11.2 Å². The lowest BCUT2D eigenvalue weighted by Crippen LogP contribution is -2.33. The Hall–Kier alpha value is -1.55. The van der Waals surface area contributed by atoms with Gasteiger partial charge in [-0.05, 0) is 42.9 Å². The van der Waals surface area contributed by atoms with E-state index in [9.17, 15) is 4.79 Å². The van der Waals surface area contributed by atoms with Gasteiger partial charge in [-0.1, -0.05) is 12.1 Å². The SMILES string of the molecule is COc1cccc(CCNC(=O)CC(N)C2CC2)c1. The standard InChI is InChI=1S/C15H22N2O2/c1-19-13-4-2-3-11(9-13)7-8-17-15(18)10-14(16)12-5-6-12/h2-4,9,12,14H,5-8,10,16H2,1H3,(H,17,18). The average molecular weight is 262 g/mol. The maximum absolute atomic E-state index is 11.7. The van der Waals surface area contributed by atoms with Gasteiger partial charge in [0.2, 0.25) is 5.91 Å². The first-order valence-electron chi connectivity index (χ1n) is 6.84. The molecule has 1 aliphatic rings. The summed E-state index contributed by atoms with van der Waals surface area (Å²) in [4.78, 5) is 11.7. The Kier molecular flexibility index (Phi) is 4.80. The van der Waals surface area contributed by atoms with Crippen molar-refractivity contribution in [1.29, 1.82) is 0 Å². The van der Waals surface area contributed by atoms with Gasteiger partial charge >= 0.3 is 0 Å². The lowest BCUT2D eigenvalue weighted by Gasteiger charge is -2.10. The molecule has 0 aromatic heterocycles. The molecular weight excluding hydrogens is 240 g/mol. The number of benzene rings is 1. The molecule has 0 bridgehead atoms. The number of nitrogens with one attached hydrogen (secondary N) is 1. The van der Waals surface area contributed by atoms with Gasteiger partial charge in [-0.25, -0.2) is 0 Å². The molecule has 0 aliphatic heterocycles. The Morgan fingerprint density at radius 3 is 3.00 bits per heavy atom. The van der Waals surface area contributed by atoms with Crippen molar-refractivity contribution < 1.29 is 9.53 Å². The maximum Gasteiger partial charge on any atom is 0.221 e. The van der Waals surface area contributed by atoms with E-state index in [0.717, 1.165) is 17.7 Å². The summed E-state index contributed by atoms with van der Waals surface area (Å²) >= 11 is 0. The van der Waals surface area contributed by atoms with Gasteiger partial charge in [0.05, 0.1) is 7.11 Å². The summed E-state index contributed by atoms with van der Waals surface area (Å²) in [5, 5.41) is 2.92. The van der Waals surface area contributed by atoms with Gasteiger partial charge in [0.25, 0.3) is 0 Å². The first-order chi connectivity index (χ1) is 9.19. The molecule has 4 nitrogen and oxygen atoms in total. The predicted molar refractivity (Wildman–Crippen MR) is 75.0 cm³/mol.